The highest BCUT2D eigenvalue weighted by molar-refractivity contribution is 5.78. The first kappa shape index (κ1) is 10.6. The van der Waals surface area contributed by atoms with Crippen molar-refractivity contribution >= 4 is 5.91 Å². The zero-order chi connectivity index (χ0) is 12.1. The standard InChI is InChI=1S/C16H19NO/c18-15-8-7-14-13-6-2-1-4-11(13)10-12-5-3-9-17(15)16(12)14/h1-2,4,6,12,14,16H,3,5,7-10H2/t12-,14+,16+/m1/s1. The second kappa shape index (κ2) is 3.84. The maximum absolute atomic E-state index is 12.1. The summed E-state index contributed by atoms with van der Waals surface area (Å²) in [7, 11) is 0. The van der Waals surface area contributed by atoms with E-state index in [-0.39, 0.29) is 0 Å². The van der Waals surface area contributed by atoms with Crippen LogP contribution in [-0.2, 0) is 11.2 Å². The van der Waals surface area contributed by atoms with Gasteiger partial charge >= 0.3 is 0 Å². The fourth-order valence-electron chi connectivity index (χ4n) is 4.45. The van der Waals surface area contributed by atoms with Crippen LogP contribution in [0.15, 0.2) is 24.3 Å². The maximum atomic E-state index is 12.1. The van der Waals surface area contributed by atoms with Gasteiger partial charge in [0.05, 0.1) is 0 Å². The van der Waals surface area contributed by atoms with Gasteiger partial charge in [-0.1, -0.05) is 24.3 Å². The zero-order valence-corrected chi connectivity index (χ0v) is 10.6. The molecular weight excluding hydrogens is 222 g/mol. The van der Waals surface area contributed by atoms with Crippen molar-refractivity contribution in [2.45, 2.75) is 44.1 Å². The van der Waals surface area contributed by atoms with Crippen molar-refractivity contribution in [1.82, 2.24) is 4.90 Å². The Kier molecular flexibility index (Phi) is 2.26. The normalized spacial score (nSPS) is 33.9. The highest BCUT2D eigenvalue weighted by Crippen LogP contribution is 2.46. The molecule has 3 atom stereocenters. The van der Waals surface area contributed by atoms with E-state index < -0.39 is 0 Å². The Morgan fingerprint density at radius 1 is 1.17 bits per heavy atom. The van der Waals surface area contributed by atoms with E-state index >= 15 is 0 Å². The molecule has 0 saturated carbocycles. The Morgan fingerprint density at radius 2 is 2.06 bits per heavy atom. The van der Waals surface area contributed by atoms with Crippen LogP contribution in [0.3, 0.4) is 0 Å². The summed E-state index contributed by atoms with van der Waals surface area (Å²) in [5, 5.41) is 0. The predicted octanol–water partition coefficient (Wildman–Crippen LogP) is 2.73. The molecule has 1 aromatic carbocycles. The Morgan fingerprint density at radius 3 is 3.00 bits per heavy atom. The van der Waals surface area contributed by atoms with E-state index in [0.717, 1.165) is 19.4 Å². The van der Waals surface area contributed by atoms with Gasteiger partial charge in [0.2, 0.25) is 5.91 Å². The van der Waals surface area contributed by atoms with Gasteiger partial charge in [-0.05, 0) is 42.7 Å². The number of nitrogens with zero attached hydrogens (tertiary/aromatic N) is 1. The molecule has 94 valence electrons. The topological polar surface area (TPSA) is 20.3 Å². The van der Waals surface area contributed by atoms with Crippen molar-refractivity contribution in [1.29, 1.82) is 0 Å². The monoisotopic (exact) mass is 241 g/mol. The van der Waals surface area contributed by atoms with Crippen molar-refractivity contribution in [3.05, 3.63) is 35.4 Å². The van der Waals surface area contributed by atoms with Crippen molar-refractivity contribution in [2.75, 3.05) is 6.54 Å². The number of carbonyl (C=O) groups excluding carboxylic acids is 1. The summed E-state index contributed by atoms with van der Waals surface area (Å²) in [6.07, 6.45) is 5.50. The summed E-state index contributed by atoms with van der Waals surface area (Å²) in [5.74, 6) is 1.72. The largest absolute Gasteiger partial charge is 0.339 e. The summed E-state index contributed by atoms with van der Waals surface area (Å²) in [4.78, 5) is 14.3. The lowest BCUT2D eigenvalue weighted by Gasteiger charge is -2.51. The molecule has 2 heteroatoms. The third-order valence-corrected chi connectivity index (χ3v) is 5.16. The molecule has 1 aliphatic carbocycles. The molecule has 18 heavy (non-hydrogen) atoms. The SMILES string of the molecule is O=C1CC[C@H]2c3ccccc3C[C@H]3CCCN1[C@@H]32. The molecule has 0 N–H and O–H groups in total. The number of fused-ring (bicyclic) bond motifs is 2. The molecule has 0 aromatic heterocycles. The van der Waals surface area contributed by atoms with E-state index in [0.29, 0.717) is 23.8 Å². The number of benzene rings is 1. The van der Waals surface area contributed by atoms with Crippen LogP contribution in [0.2, 0.25) is 0 Å². The second-order valence-electron chi connectivity index (χ2n) is 6.03. The van der Waals surface area contributed by atoms with E-state index in [9.17, 15) is 4.79 Å². The van der Waals surface area contributed by atoms with Crippen LogP contribution >= 0.6 is 0 Å². The lowest BCUT2D eigenvalue weighted by Crippen LogP contribution is -2.56. The number of amides is 1. The van der Waals surface area contributed by atoms with E-state index in [1.807, 2.05) is 0 Å². The Hall–Kier alpha value is -1.31. The summed E-state index contributed by atoms with van der Waals surface area (Å²) in [5.41, 5.74) is 3.07. The molecule has 2 fully saturated rings. The fourth-order valence-corrected chi connectivity index (χ4v) is 4.45. The third-order valence-electron chi connectivity index (χ3n) is 5.16. The molecular formula is C16H19NO. The van der Waals surface area contributed by atoms with Gasteiger partial charge in [-0.15, -0.1) is 0 Å². The van der Waals surface area contributed by atoms with Crippen LogP contribution in [0.5, 0.6) is 0 Å². The molecule has 2 heterocycles. The summed E-state index contributed by atoms with van der Waals surface area (Å²) in [6.45, 7) is 0.999. The quantitative estimate of drug-likeness (QED) is 0.684. The summed E-state index contributed by atoms with van der Waals surface area (Å²) in [6, 6.07) is 9.41. The lowest BCUT2D eigenvalue weighted by molar-refractivity contribution is -0.141. The second-order valence-corrected chi connectivity index (χ2v) is 6.03. The third kappa shape index (κ3) is 1.38. The molecule has 0 radical (unpaired) electrons. The lowest BCUT2D eigenvalue weighted by atomic mass is 9.66. The van der Waals surface area contributed by atoms with Crippen molar-refractivity contribution in [3.63, 3.8) is 0 Å². The molecule has 4 rings (SSSR count). The van der Waals surface area contributed by atoms with Crippen LogP contribution in [0.25, 0.3) is 0 Å². The number of hydrogen-bond acceptors (Lipinski definition) is 1. The first-order valence-electron chi connectivity index (χ1n) is 7.22. The van der Waals surface area contributed by atoms with Gasteiger partial charge in [-0.25, -0.2) is 0 Å². The van der Waals surface area contributed by atoms with Crippen LogP contribution in [0.1, 0.15) is 42.7 Å². The molecule has 1 amide bonds. The van der Waals surface area contributed by atoms with Crippen molar-refractivity contribution in [2.24, 2.45) is 5.92 Å². The number of piperidine rings is 2. The van der Waals surface area contributed by atoms with Crippen molar-refractivity contribution < 1.29 is 4.79 Å². The smallest absolute Gasteiger partial charge is 0.222 e. The van der Waals surface area contributed by atoms with Crippen LogP contribution in [0, 0.1) is 5.92 Å². The van der Waals surface area contributed by atoms with E-state index in [2.05, 4.69) is 29.2 Å². The highest BCUT2D eigenvalue weighted by Gasteiger charge is 2.45. The molecule has 0 bridgehead atoms. The van der Waals surface area contributed by atoms with Gasteiger partial charge in [0.1, 0.15) is 0 Å². The first-order chi connectivity index (χ1) is 8.84. The van der Waals surface area contributed by atoms with Crippen LogP contribution < -0.4 is 0 Å². The minimum absolute atomic E-state index is 0.403. The molecule has 2 nitrogen and oxygen atoms in total. The van der Waals surface area contributed by atoms with Crippen LogP contribution in [-0.4, -0.2) is 23.4 Å². The average molecular weight is 241 g/mol. The molecule has 3 aliphatic rings. The number of hydrogen-bond donors (Lipinski definition) is 0. The van der Waals surface area contributed by atoms with Gasteiger partial charge in [-0.2, -0.15) is 0 Å². The van der Waals surface area contributed by atoms with E-state index in [4.69, 9.17) is 0 Å². The number of rotatable bonds is 0. The number of carbonyl (C=O) groups is 1. The first-order valence-corrected chi connectivity index (χ1v) is 7.22. The predicted molar refractivity (Wildman–Crippen MR) is 70.3 cm³/mol. The summed E-state index contributed by atoms with van der Waals surface area (Å²) < 4.78 is 0. The molecule has 2 aliphatic heterocycles. The van der Waals surface area contributed by atoms with Gasteiger partial charge in [0.15, 0.2) is 0 Å². The fraction of sp³-hybridized carbons (Fsp3) is 0.562. The average Bonchev–Trinajstić information content (AvgIpc) is 2.42. The Balaban J connectivity index is 1.81. The van der Waals surface area contributed by atoms with Gasteiger partial charge in [0.25, 0.3) is 0 Å². The molecule has 0 spiro atoms. The molecule has 0 unspecified atom stereocenters. The van der Waals surface area contributed by atoms with Gasteiger partial charge in [-0.3, -0.25) is 4.79 Å². The summed E-state index contributed by atoms with van der Waals surface area (Å²) >= 11 is 0. The van der Waals surface area contributed by atoms with Crippen LogP contribution in [0.4, 0.5) is 0 Å². The highest BCUT2D eigenvalue weighted by atomic mass is 16.2. The van der Waals surface area contributed by atoms with E-state index in [1.54, 1.807) is 5.56 Å². The maximum Gasteiger partial charge on any atom is 0.222 e. The van der Waals surface area contributed by atoms with Crippen molar-refractivity contribution in [3.8, 4) is 0 Å². The zero-order valence-electron chi connectivity index (χ0n) is 10.6. The Labute approximate surface area is 108 Å². The molecule has 2 saturated heterocycles. The minimum atomic E-state index is 0.403. The minimum Gasteiger partial charge on any atom is -0.339 e. The Bertz CT molecular complexity index is 496. The van der Waals surface area contributed by atoms with Gasteiger partial charge in [0, 0.05) is 24.9 Å². The molecule has 1 aromatic rings. The van der Waals surface area contributed by atoms with E-state index in [1.165, 1.54) is 24.8 Å². The van der Waals surface area contributed by atoms with Gasteiger partial charge < -0.3 is 4.90 Å².